The third kappa shape index (κ3) is 1.63. The molecule has 0 fully saturated rings. The van der Waals surface area contributed by atoms with E-state index < -0.39 is 5.24 Å². The van der Waals surface area contributed by atoms with Gasteiger partial charge in [-0.2, -0.15) is 0 Å². The molecule has 0 radical (unpaired) electrons. The summed E-state index contributed by atoms with van der Waals surface area (Å²) < 4.78 is 5.17. The largest absolute Gasteiger partial charge is 0.433 e. The van der Waals surface area contributed by atoms with Crippen LogP contribution < -0.4 is 0 Å². The molecule has 0 saturated heterocycles. The highest BCUT2D eigenvalue weighted by Crippen LogP contribution is 2.22. The molecule has 0 aliphatic carbocycles. The van der Waals surface area contributed by atoms with Crippen LogP contribution >= 0.6 is 23.4 Å². The summed E-state index contributed by atoms with van der Waals surface area (Å²) >= 11 is 6.84. The van der Waals surface area contributed by atoms with Gasteiger partial charge in [-0.25, -0.2) is 4.98 Å². The predicted octanol–water partition coefficient (Wildman–Crippen LogP) is 2.93. The van der Waals surface area contributed by atoms with E-state index in [0.29, 0.717) is 11.1 Å². The molecular formula is C9H6ClNO2S. The van der Waals surface area contributed by atoms with Crippen LogP contribution in [0.25, 0.3) is 11.1 Å². The Morgan fingerprint density at radius 2 is 2.36 bits per heavy atom. The maximum absolute atomic E-state index is 10.8. The van der Waals surface area contributed by atoms with E-state index in [1.807, 2.05) is 18.4 Å². The van der Waals surface area contributed by atoms with Gasteiger partial charge < -0.3 is 4.42 Å². The van der Waals surface area contributed by atoms with E-state index in [1.54, 1.807) is 17.8 Å². The summed E-state index contributed by atoms with van der Waals surface area (Å²) in [4.78, 5) is 15.8. The van der Waals surface area contributed by atoms with Crippen LogP contribution in [-0.4, -0.2) is 16.5 Å². The number of benzene rings is 1. The second-order valence-electron chi connectivity index (χ2n) is 2.63. The van der Waals surface area contributed by atoms with Gasteiger partial charge in [-0.3, -0.25) is 4.79 Å². The van der Waals surface area contributed by atoms with Crippen LogP contribution in [0.4, 0.5) is 0 Å². The zero-order chi connectivity index (χ0) is 10.1. The maximum Gasteiger partial charge on any atom is 0.307 e. The van der Waals surface area contributed by atoms with Gasteiger partial charge >= 0.3 is 5.24 Å². The summed E-state index contributed by atoms with van der Waals surface area (Å²) in [6, 6.07) is 5.54. The molecule has 0 aliphatic heterocycles. The lowest BCUT2D eigenvalue weighted by atomic mass is 10.3. The Morgan fingerprint density at radius 3 is 3.00 bits per heavy atom. The fourth-order valence-electron chi connectivity index (χ4n) is 1.12. The topological polar surface area (TPSA) is 43.1 Å². The summed E-state index contributed by atoms with van der Waals surface area (Å²) in [7, 11) is 0. The molecule has 1 heterocycles. The number of hydrogen-bond acceptors (Lipinski definition) is 4. The van der Waals surface area contributed by atoms with Gasteiger partial charge in [0.05, 0.1) is 0 Å². The van der Waals surface area contributed by atoms with Gasteiger partial charge in [0.1, 0.15) is 5.52 Å². The van der Waals surface area contributed by atoms with Crippen LogP contribution in [0.5, 0.6) is 0 Å². The Hall–Kier alpha value is -1.00. The van der Waals surface area contributed by atoms with Crippen LogP contribution in [-0.2, 0) is 0 Å². The second kappa shape index (κ2) is 3.63. The summed E-state index contributed by atoms with van der Waals surface area (Å²) in [5.41, 5.74) is 1.23. The number of aromatic nitrogens is 1. The lowest BCUT2D eigenvalue weighted by Gasteiger charge is -1.92. The highest BCUT2D eigenvalue weighted by molar-refractivity contribution is 7.98. The normalized spacial score (nSPS) is 10.7. The summed E-state index contributed by atoms with van der Waals surface area (Å²) in [6.45, 7) is 0. The Balaban J connectivity index is 2.60. The van der Waals surface area contributed by atoms with Crippen LogP contribution in [0.1, 0.15) is 10.7 Å². The average Bonchev–Trinajstić information content (AvgIpc) is 2.59. The summed E-state index contributed by atoms with van der Waals surface area (Å²) in [5.74, 6) is -0.0556. The molecule has 2 aromatic rings. The Labute approximate surface area is 89.4 Å². The molecule has 0 bridgehead atoms. The highest BCUT2D eigenvalue weighted by atomic mass is 35.5. The van der Waals surface area contributed by atoms with Gasteiger partial charge in [0.15, 0.2) is 5.58 Å². The molecule has 5 heteroatoms. The highest BCUT2D eigenvalue weighted by Gasteiger charge is 2.11. The lowest BCUT2D eigenvalue weighted by molar-refractivity contribution is 0.105. The number of fused-ring (bicyclic) bond motifs is 1. The van der Waals surface area contributed by atoms with E-state index in [4.69, 9.17) is 16.0 Å². The zero-order valence-electron chi connectivity index (χ0n) is 7.28. The van der Waals surface area contributed by atoms with E-state index in [9.17, 15) is 4.79 Å². The first-order chi connectivity index (χ1) is 6.70. The van der Waals surface area contributed by atoms with Crippen LogP contribution in [0, 0.1) is 0 Å². The van der Waals surface area contributed by atoms with Crippen molar-refractivity contribution in [2.24, 2.45) is 0 Å². The van der Waals surface area contributed by atoms with Gasteiger partial charge in [0, 0.05) is 4.90 Å². The molecule has 0 unspecified atom stereocenters. The molecule has 0 amide bonds. The molecule has 0 saturated carbocycles. The van der Waals surface area contributed by atoms with Gasteiger partial charge in [-0.15, -0.1) is 11.8 Å². The zero-order valence-corrected chi connectivity index (χ0v) is 8.85. The molecule has 72 valence electrons. The van der Waals surface area contributed by atoms with Crippen molar-refractivity contribution in [1.82, 2.24) is 4.98 Å². The Bertz CT molecular complexity index is 495. The quantitative estimate of drug-likeness (QED) is 0.585. The number of thioether (sulfide) groups is 1. The van der Waals surface area contributed by atoms with Gasteiger partial charge in [-0.05, 0) is 36.1 Å². The third-order valence-corrected chi connectivity index (χ3v) is 2.65. The van der Waals surface area contributed by atoms with Crippen molar-refractivity contribution in [3.63, 3.8) is 0 Å². The first kappa shape index (κ1) is 9.55. The summed E-state index contributed by atoms with van der Waals surface area (Å²) in [6.07, 6.45) is 1.96. The lowest BCUT2D eigenvalue weighted by Crippen LogP contribution is -1.85. The summed E-state index contributed by atoms with van der Waals surface area (Å²) in [5, 5.41) is -0.674. The van der Waals surface area contributed by atoms with E-state index in [-0.39, 0.29) is 5.89 Å². The molecule has 0 N–H and O–H groups in total. The molecule has 14 heavy (non-hydrogen) atoms. The molecular weight excluding hydrogens is 222 g/mol. The van der Waals surface area contributed by atoms with Gasteiger partial charge in [0.25, 0.3) is 5.89 Å². The number of nitrogens with zero attached hydrogens (tertiary/aromatic N) is 1. The van der Waals surface area contributed by atoms with Crippen molar-refractivity contribution in [2.45, 2.75) is 4.90 Å². The van der Waals surface area contributed by atoms with E-state index in [1.165, 1.54) is 0 Å². The molecule has 1 aromatic carbocycles. The van der Waals surface area contributed by atoms with Crippen molar-refractivity contribution in [3.05, 3.63) is 24.1 Å². The fraction of sp³-hybridized carbons (Fsp3) is 0.111. The number of carbonyl (C=O) groups excluding carboxylic acids is 1. The SMILES string of the molecule is CSc1ccc2nc(C(=O)Cl)oc2c1. The van der Waals surface area contributed by atoms with Gasteiger partial charge in [0.2, 0.25) is 0 Å². The molecule has 2 rings (SSSR count). The monoisotopic (exact) mass is 227 g/mol. The van der Waals surface area contributed by atoms with Crippen LogP contribution in [0.3, 0.4) is 0 Å². The fourth-order valence-corrected chi connectivity index (χ4v) is 1.63. The van der Waals surface area contributed by atoms with Crippen LogP contribution in [0.15, 0.2) is 27.5 Å². The minimum atomic E-state index is -0.674. The number of oxazole rings is 1. The number of hydrogen-bond donors (Lipinski definition) is 0. The van der Waals surface area contributed by atoms with Crippen LogP contribution in [0.2, 0.25) is 0 Å². The second-order valence-corrected chi connectivity index (χ2v) is 3.85. The first-order valence-electron chi connectivity index (χ1n) is 3.85. The minimum Gasteiger partial charge on any atom is -0.433 e. The number of halogens is 1. The predicted molar refractivity (Wildman–Crippen MR) is 56.0 cm³/mol. The third-order valence-electron chi connectivity index (χ3n) is 1.76. The van der Waals surface area contributed by atoms with Crippen molar-refractivity contribution in [1.29, 1.82) is 0 Å². The Morgan fingerprint density at radius 1 is 1.57 bits per heavy atom. The minimum absolute atomic E-state index is 0.0556. The van der Waals surface area contributed by atoms with Crippen molar-refractivity contribution < 1.29 is 9.21 Å². The van der Waals surface area contributed by atoms with Crippen molar-refractivity contribution in [2.75, 3.05) is 6.26 Å². The average molecular weight is 228 g/mol. The Kier molecular flexibility index (Phi) is 2.48. The maximum atomic E-state index is 10.8. The van der Waals surface area contributed by atoms with E-state index >= 15 is 0 Å². The number of carbonyl (C=O) groups is 1. The van der Waals surface area contributed by atoms with E-state index in [0.717, 1.165) is 4.90 Å². The molecule has 0 spiro atoms. The number of rotatable bonds is 2. The first-order valence-corrected chi connectivity index (χ1v) is 5.45. The van der Waals surface area contributed by atoms with Gasteiger partial charge in [-0.1, -0.05) is 0 Å². The van der Waals surface area contributed by atoms with Crippen molar-refractivity contribution >= 4 is 39.7 Å². The van der Waals surface area contributed by atoms with Crippen molar-refractivity contribution in [3.8, 4) is 0 Å². The molecule has 1 aromatic heterocycles. The standard InChI is InChI=1S/C9H6ClNO2S/c1-14-5-2-3-6-7(4-5)13-9(11-6)8(10)12/h2-4H,1H3. The smallest absolute Gasteiger partial charge is 0.307 e. The molecule has 0 aliphatic rings. The molecule has 3 nitrogen and oxygen atoms in total. The molecule has 0 atom stereocenters. The van der Waals surface area contributed by atoms with E-state index in [2.05, 4.69) is 4.98 Å².